The number of aromatic nitrogens is 3. The van der Waals surface area contributed by atoms with Crippen molar-refractivity contribution >= 4 is 179 Å². The van der Waals surface area contributed by atoms with E-state index in [1.54, 1.807) is 6.26 Å². The lowest BCUT2D eigenvalue weighted by molar-refractivity contribution is 0.583. The van der Waals surface area contributed by atoms with Crippen molar-refractivity contribution in [3.8, 4) is 72.9 Å². The number of para-hydroxylation sites is 8. The van der Waals surface area contributed by atoms with Crippen molar-refractivity contribution in [2.75, 3.05) is 4.90 Å². The molecule has 0 aliphatic rings. The number of nitrogens with zero attached hydrogens (tertiary/aromatic N) is 4. The van der Waals surface area contributed by atoms with Gasteiger partial charge in [0.1, 0.15) is 5.76 Å². The van der Waals surface area contributed by atoms with Gasteiger partial charge in [0.05, 0.1) is 45.1 Å². The maximum absolute atomic E-state index is 5.80. The van der Waals surface area contributed by atoms with Crippen molar-refractivity contribution < 1.29 is 4.42 Å². The van der Waals surface area contributed by atoms with Crippen LogP contribution in [0, 0.1) is 0 Å². The number of anilines is 3. The van der Waals surface area contributed by atoms with E-state index in [9.17, 15) is 0 Å². The molecule has 4 heterocycles. The Kier molecular flexibility index (Phi) is 17.0. The summed E-state index contributed by atoms with van der Waals surface area (Å²) in [6.45, 7) is 0. The second-order valence-corrected chi connectivity index (χ2v) is 34.0. The van der Waals surface area contributed by atoms with Gasteiger partial charge >= 0.3 is 0 Å². The second-order valence-electron chi connectivity index (χ2n) is 34.0. The molecule has 0 atom stereocenters. The first kappa shape index (κ1) is 73.4. The molecule has 0 saturated carbocycles. The van der Waals surface area contributed by atoms with Crippen LogP contribution in [-0.2, 0) is 0 Å². The molecule has 0 unspecified atom stereocenters. The highest BCUT2D eigenvalue weighted by atomic mass is 16.3. The van der Waals surface area contributed by atoms with Crippen molar-refractivity contribution in [3.63, 3.8) is 0 Å². The fourth-order valence-electron chi connectivity index (χ4n) is 21.4. The average molecular weight is 1640 g/mol. The predicted octanol–water partition coefficient (Wildman–Crippen LogP) is 34.4. The van der Waals surface area contributed by atoms with E-state index in [-0.39, 0.29) is 0 Å². The smallest absolute Gasteiger partial charge is 0.134 e. The van der Waals surface area contributed by atoms with Crippen LogP contribution in [0.4, 0.5) is 17.1 Å². The zero-order valence-electron chi connectivity index (χ0n) is 70.2. The number of rotatable bonds is 11. The first-order valence-corrected chi connectivity index (χ1v) is 44.4. The Morgan fingerprint density at radius 3 is 0.721 bits per heavy atom. The summed E-state index contributed by atoms with van der Waals surface area (Å²) in [5.41, 5.74) is 25.5. The first-order valence-electron chi connectivity index (χ1n) is 44.4. The van der Waals surface area contributed by atoms with Gasteiger partial charge in [0.25, 0.3) is 0 Å². The lowest BCUT2D eigenvalue weighted by Crippen LogP contribution is -2.10. The van der Waals surface area contributed by atoms with Crippen molar-refractivity contribution in [3.05, 3.63) is 473 Å². The van der Waals surface area contributed by atoms with Gasteiger partial charge in [-0.3, -0.25) is 0 Å². The van der Waals surface area contributed by atoms with Crippen LogP contribution >= 0.6 is 0 Å². The number of fused-ring (bicyclic) bond motifs is 9. The van der Waals surface area contributed by atoms with Gasteiger partial charge in [0.2, 0.25) is 0 Å². The van der Waals surface area contributed by atoms with Crippen molar-refractivity contribution in [1.29, 1.82) is 0 Å². The van der Waals surface area contributed by atoms with E-state index in [1.807, 2.05) is 12.1 Å². The molecule has 28 aromatic rings. The Balaban J connectivity index is 0.000000103. The summed E-state index contributed by atoms with van der Waals surface area (Å²) in [5.74, 6) is 0.902. The molecule has 0 amide bonds. The normalized spacial score (nSPS) is 11.9. The number of furan rings is 1. The Morgan fingerprint density at radius 2 is 0.403 bits per heavy atom. The van der Waals surface area contributed by atoms with Crippen LogP contribution in [0.3, 0.4) is 0 Å². The molecule has 0 radical (unpaired) electrons. The first-order chi connectivity index (χ1) is 64.0. The maximum atomic E-state index is 5.80. The summed E-state index contributed by atoms with van der Waals surface area (Å²) >= 11 is 0. The van der Waals surface area contributed by atoms with Gasteiger partial charge in [0.15, 0.2) is 0 Å². The van der Waals surface area contributed by atoms with Gasteiger partial charge in [-0.15, -0.1) is 0 Å². The van der Waals surface area contributed by atoms with E-state index in [2.05, 4.69) is 474 Å². The molecule has 4 aromatic heterocycles. The number of hydrogen-bond donors (Lipinski definition) is 0. The Hall–Kier alpha value is -17.1. The average Bonchev–Trinajstić information content (AvgIpc) is 1.55. The van der Waals surface area contributed by atoms with Crippen LogP contribution in [-0.4, -0.2) is 13.7 Å². The van der Waals surface area contributed by atoms with Gasteiger partial charge in [-0.25, -0.2) is 0 Å². The van der Waals surface area contributed by atoms with Gasteiger partial charge in [0, 0.05) is 71.7 Å². The van der Waals surface area contributed by atoms with Gasteiger partial charge < -0.3 is 23.0 Å². The molecule has 24 aromatic carbocycles. The molecule has 0 saturated heterocycles. The van der Waals surface area contributed by atoms with E-state index in [1.165, 1.54) is 230 Å². The van der Waals surface area contributed by atoms with E-state index >= 15 is 0 Å². The standard InChI is InChI=1S/C46H30N2.C40H25N.C38H23NO/c1-3-11-34(12-4-1)47(35-13-5-2-6-14-35)44-30-24-33-22-28-40-37(27-21-32-23-29-41(44)46(33)45(32)40)31-19-25-36(26-20-31)48-42-17-9-7-15-38(42)39-16-8-10-18-43(39)48;1-2-8-26(9-3-1)31-22-18-28-14-15-29-19-23-32(36-25-24-35(31)39(28)40(29)36)27-16-20-30(21-17-27)41-37-12-6-4-10-33(37)34-11-5-7-13-38(34)41;1-3-8-34-29(6-1)30-7-2-4-9-35(30)39(34)27-17-11-24(12-18-27)28-19-13-25-16-22-33-31(36-10-5-23-40-36)20-14-26-15-21-32(28)37(25)38(26)33/h1-30H;1-25H;1-23H. The Bertz CT molecular complexity index is 9010. The van der Waals surface area contributed by atoms with Crippen molar-refractivity contribution in [2.24, 2.45) is 0 Å². The molecule has 0 aliphatic heterocycles. The Labute approximate surface area is 743 Å². The van der Waals surface area contributed by atoms with Crippen LogP contribution in [0.1, 0.15) is 0 Å². The number of benzene rings is 24. The molecule has 0 fully saturated rings. The third-order valence-corrected chi connectivity index (χ3v) is 27.2. The summed E-state index contributed by atoms with van der Waals surface area (Å²) in [4.78, 5) is 2.38. The van der Waals surface area contributed by atoms with Gasteiger partial charge in [-0.05, 0) is 257 Å². The molecule has 600 valence electrons. The minimum Gasteiger partial charge on any atom is -0.464 e. The predicted molar refractivity (Wildman–Crippen MR) is 548 cm³/mol. The second kappa shape index (κ2) is 29.8. The summed E-state index contributed by atoms with van der Waals surface area (Å²) in [6, 6.07) is 170. The SMILES string of the molecule is c1ccc(-c2ccc3ccc4ccc(-c5ccc(-n6c7ccccc7c7ccccc76)cc5)c5ccc2c3c45)cc1.c1ccc(N(c2ccccc2)c2ccc3ccc4c(-c5ccc(-n6c7ccccc7c7ccccc76)cc5)ccc5ccc2c3c54)cc1.c1coc(-c2ccc3ccc4c(-c5ccc(-n6c7ccccc7c7ccccc76)cc5)ccc5ccc2c3c54)c1. The highest BCUT2D eigenvalue weighted by Gasteiger charge is 2.24. The minimum atomic E-state index is 0.902. The monoisotopic (exact) mass is 1640 g/mol. The van der Waals surface area contributed by atoms with Crippen molar-refractivity contribution in [2.45, 2.75) is 0 Å². The largest absolute Gasteiger partial charge is 0.464 e. The zero-order chi connectivity index (χ0) is 84.7. The van der Waals surface area contributed by atoms with Gasteiger partial charge in [-0.1, -0.05) is 346 Å². The van der Waals surface area contributed by atoms with Crippen LogP contribution in [0.15, 0.2) is 478 Å². The van der Waals surface area contributed by atoms with Gasteiger partial charge in [-0.2, -0.15) is 0 Å². The maximum Gasteiger partial charge on any atom is 0.134 e. The van der Waals surface area contributed by atoms with Crippen LogP contribution in [0.5, 0.6) is 0 Å². The lowest BCUT2D eigenvalue weighted by atomic mass is 9.87. The van der Waals surface area contributed by atoms with Crippen LogP contribution in [0.2, 0.25) is 0 Å². The zero-order valence-corrected chi connectivity index (χ0v) is 70.2. The molecule has 5 heteroatoms. The highest BCUT2D eigenvalue weighted by Crippen LogP contribution is 2.50. The highest BCUT2D eigenvalue weighted by molar-refractivity contribution is 6.31. The third kappa shape index (κ3) is 11.8. The van der Waals surface area contributed by atoms with E-state index in [0.29, 0.717) is 0 Å². The fraction of sp³-hybridized carbons (Fsp3) is 0. The molecule has 5 nitrogen and oxygen atoms in total. The van der Waals surface area contributed by atoms with Crippen molar-refractivity contribution in [1.82, 2.24) is 13.7 Å². The molecule has 129 heavy (non-hydrogen) atoms. The number of hydrogen-bond acceptors (Lipinski definition) is 2. The topological polar surface area (TPSA) is 31.2 Å². The van der Waals surface area contributed by atoms with E-state index in [4.69, 9.17) is 4.42 Å². The molecule has 0 aliphatic carbocycles. The molecule has 0 bridgehead atoms. The summed E-state index contributed by atoms with van der Waals surface area (Å²) in [7, 11) is 0. The molecular weight excluding hydrogens is 1560 g/mol. The Morgan fingerprint density at radius 1 is 0.163 bits per heavy atom. The molecule has 0 N–H and O–H groups in total. The fourth-order valence-corrected chi connectivity index (χ4v) is 21.4. The summed E-state index contributed by atoms with van der Waals surface area (Å²) in [6.07, 6.45) is 1.74. The minimum absolute atomic E-state index is 0.902. The quantitative estimate of drug-likeness (QED) is 0.121. The lowest BCUT2D eigenvalue weighted by Gasteiger charge is -2.27. The van der Waals surface area contributed by atoms with E-state index < -0.39 is 0 Å². The summed E-state index contributed by atoms with van der Waals surface area (Å²) in [5, 5.41) is 30.9. The third-order valence-electron chi connectivity index (χ3n) is 27.2. The van der Waals surface area contributed by atoms with Crippen LogP contribution < -0.4 is 4.90 Å². The van der Waals surface area contributed by atoms with Crippen LogP contribution in [0.25, 0.3) is 235 Å². The molecular formula is C124H78N4O. The molecule has 0 spiro atoms. The summed E-state index contributed by atoms with van der Waals surface area (Å²) < 4.78 is 12.9. The van der Waals surface area contributed by atoms with E-state index in [0.717, 1.165) is 22.7 Å². The molecule has 28 rings (SSSR count).